The average Bonchev–Trinajstić information content (AvgIpc) is 2.19. The highest BCUT2D eigenvalue weighted by atomic mass is 35.5. The van der Waals surface area contributed by atoms with Crippen LogP contribution in [0.1, 0.15) is 18.9 Å². The zero-order chi connectivity index (χ0) is 14.8. The van der Waals surface area contributed by atoms with E-state index in [0.29, 0.717) is 0 Å². The van der Waals surface area contributed by atoms with Crippen LogP contribution in [0.3, 0.4) is 0 Å². The number of anilines is 1. The summed E-state index contributed by atoms with van der Waals surface area (Å²) >= 11 is 5.72. The summed E-state index contributed by atoms with van der Waals surface area (Å²) in [5, 5.41) is 2.41. The molecule has 0 fully saturated rings. The number of carbonyl (C=O) groups is 2. The number of ketones is 1. The van der Waals surface area contributed by atoms with Crippen molar-refractivity contribution in [2.45, 2.75) is 25.2 Å². The minimum atomic E-state index is -4.44. The maximum atomic E-state index is 11.5. The highest BCUT2D eigenvalue weighted by Crippen LogP contribution is 2.28. The molecule has 0 heterocycles. The fourth-order valence-corrected chi connectivity index (χ4v) is 2.53. The van der Waals surface area contributed by atoms with Gasteiger partial charge in [-0.2, -0.15) is 8.42 Å². The van der Waals surface area contributed by atoms with Gasteiger partial charge in [0, 0.05) is 10.7 Å². The fraction of sp³-hybridized carbons (Fsp3) is 0.273. The van der Waals surface area contributed by atoms with Crippen molar-refractivity contribution >= 4 is 39.1 Å². The van der Waals surface area contributed by atoms with Gasteiger partial charge in [-0.3, -0.25) is 14.1 Å². The molecule has 0 aliphatic carbocycles. The summed E-state index contributed by atoms with van der Waals surface area (Å²) in [5.41, 5.74) is 0.273. The minimum Gasteiger partial charge on any atom is -0.325 e. The van der Waals surface area contributed by atoms with Gasteiger partial charge in [0.05, 0.1) is 6.42 Å². The number of amides is 1. The van der Waals surface area contributed by atoms with Gasteiger partial charge in [0.25, 0.3) is 10.1 Å². The van der Waals surface area contributed by atoms with E-state index in [2.05, 4.69) is 5.32 Å². The molecule has 0 saturated heterocycles. The maximum absolute atomic E-state index is 11.5. The molecule has 1 aromatic rings. The Morgan fingerprint density at radius 3 is 2.42 bits per heavy atom. The van der Waals surface area contributed by atoms with E-state index in [1.807, 2.05) is 0 Å². The van der Waals surface area contributed by atoms with E-state index in [4.69, 9.17) is 16.2 Å². The van der Waals surface area contributed by atoms with Gasteiger partial charge in [-0.05, 0) is 31.5 Å². The summed E-state index contributed by atoms with van der Waals surface area (Å²) in [7, 11) is -4.44. The first-order valence-corrected chi connectivity index (χ1v) is 7.00. The highest BCUT2D eigenvalue weighted by Gasteiger charge is 2.18. The van der Waals surface area contributed by atoms with Crippen molar-refractivity contribution in [2.75, 3.05) is 5.32 Å². The van der Waals surface area contributed by atoms with Crippen molar-refractivity contribution in [3.05, 3.63) is 22.7 Å². The molecule has 0 aliphatic heterocycles. The number of Topliss-reactive ketones (excluding diaryl/α,β-unsaturated/α-hetero) is 1. The van der Waals surface area contributed by atoms with Gasteiger partial charge in [-0.1, -0.05) is 11.6 Å². The quantitative estimate of drug-likeness (QED) is 0.652. The molecule has 0 bridgehead atoms. The first-order valence-electron chi connectivity index (χ1n) is 5.18. The summed E-state index contributed by atoms with van der Waals surface area (Å²) in [6.45, 7) is 2.66. The van der Waals surface area contributed by atoms with Crippen molar-refractivity contribution in [3.8, 4) is 0 Å². The summed E-state index contributed by atoms with van der Waals surface area (Å²) in [4.78, 5) is 21.9. The van der Waals surface area contributed by atoms with Crippen molar-refractivity contribution in [1.82, 2.24) is 0 Å². The van der Waals surface area contributed by atoms with Crippen molar-refractivity contribution in [1.29, 1.82) is 0 Å². The molecule has 2 N–H and O–H groups in total. The third-order valence-corrected chi connectivity index (χ3v) is 3.48. The fourth-order valence-electron chi connectivity index (χ4n) is 1.47. The number of halogens is 1. The first kappa shape index (κ1) is 15.6. The van der Waals surface area contributed by atoms with E-state index in [9.17, 15) is 18.0 Å². The lowest BCUT2D eigenvalue weighted by molar-refractivity contribution is -0.124. The smallest absolute Gasteiger partial charge is 0.294 e. The second kappa shape index (κ2) is 5.68. The van der Waals surface area contributed by atoms with Crippen LogP contribution in [0.5, 0.6) is 0 Å². The Hall–Kier alpha value is -1.44. The molecular formula is C11H12ClNO5S. The van der Waals surface area contributed by atoms with Crippen molar-refractivity contribution in [2.24, 2.45) is 0 Å². The van der Waals surface area contributed by atoms with E-state index < -0.39 is 20.9 Å². The van der Waals surface area contributed by atoms with Crippen molar-refractivity contribution in [3.63, 3.8) is 0 Å². The molecule has 0 aromatic heterocycles. The Morgan fingerprint density at radius 1 is 1.37 bits per heavy atom. The monoisotopic (exact) mass is 305 g/mol. The van der Waals surface area contributed by atoms with Gasteiger partial charge in [0.15, 0.2) is 0 Å². The zero-order valence-electron chi connectivity index (χ0n) is 10.2. The Morgan fingerprint density at radius 2 is 1.95 bits per heavy atom. The molecule has 19 heavy (non-hydrogen) atoms. The van der Waals surface area contributed by atoms with Gasteiger partial charge in [0.1, 0.15) is 10.7 Å². The largest absolute Gasteiger partial charge is 0.325 e. The zero-order valence-corrected chi connectivity index (χ0v) is 11.8. The van der Waals surface area contributed by atoms with Gasteiger partial charge >= 0.3 is 0 Å². The summed E-state index contributed by atoms with van der Waals surface area (Å²) in [5.74, 6) is -0.911. The molecule has 104 valence electrons. The van der Waals surface area contributed by atoms with Gasteiger partial charge in [-0.25, -0.2) is 0 Å². The minimum absolute atomic E-state index is 0.0383. The van der Waals surface area contributed by atoms with Gasteiger partial charge in [0.2, 0.25) is 5.91 Å². The Bertz CT molecular complexity index is 639. The lowest BCUT2D eigenvalue weighted by Crippen LogP contribution is -2.16. The van der Waals surface area contributed by atoms with E-state index >= 15 is 0 Å². The van der Waals surface area contributed by atoms with E-state index in [1.165, 1.54) is 19.9 Å². The van der Waals surface area contributed by atoms with Gasteiger partial charge < -0.3 is 5.32 Å². The highest BCUT2D eigenvalue weighted by molar-refractivity contribution is 7.85. The van der Waals surface area contributed by atoms with E-state index in [0.717, 1.165) is 6.07 Å². The van der Waals surface area contributed by atoms with Crippen LogP contribution in [-0.2, 0) is 19.7 Å². The van der Waals surface area contributed by atoms with Crippen LogP contribution >= 0.6 is 11.6 Å². The second-order valence-corrected chi connectivity index (χ2v) is 5.80. The molecule has 1 rings (SSSR count). The molecule has 1 amide bonds. The molecule has 0 atom stereocenters. The third kappa shape index (κ3) is 4.30. The third-order valence-electron chi connectivity index (χ3n) is 2.29. The van der Waals surface area contributed by atoms with Crippen LogP contribution in [-0.4, -0.2) is 24.7 Å². The number of benzene rings is 1. The molecule has 0 saturated carbocycles. The van der Waals surface area contributed by atoms with Crippen LogP contribution in [0, 0.1) is 6.92 Å². The SMILES string of the molecule is CC(=O)CC(=O)Nc1cc(Cl)cc(S(=O)(=O)O)c1C. The maximum Gasteiger partial charge on any atom is 0.294 e. The number of nitrogens with one attached hydrogen (secondary N) is 1. The molecule has 1 aromatic carbocycles. The van der Waals surface area contributed by atoms with Crippen molar-refractivity contribution < 1.29 is 22.6 Å². The molecule has 0 unspecified atom stereocenters. The Balaban J connectivity index is 3.20. The molecule has 0 spiro atoms. The first-order chi connectivity index (χ1) is 8.61. The molecule has 0 aliphatic rings. The molecule has 0 radical (unpaired) electrons. The Labute approximate surface area is 115 Å². The second-order valence-electron chi connectivity index (χ2n) is 3.98. The summed E-state index contributed by atoms with van der Waals surface area (Å²) < 4.78 is 31.3. The van der Waals surface area contributed by atoms with E-state index in [-0.39, 0.29) is 28.5 Å². The topological polar surface area (TPSA) is 101 Å². The van der Waals surface area contributed by atoms with E-state index in [1.54, 1.807) is 0 Å². The van der Waals surface area contributed by atoms with Crippen LogP contribution in [0.25, 0.3) is 0 Å². The van der Waals surface area contributed by atoms with Crippen LogP contribution in [0.2, 0.25) is 5.02 Å². The number of carbonyl (C=O) groups excluding carboxylic acids is 2. The average molecular weight is 306 g/mol. The predicted molar refractivity (Wildman–Crippen MR) is 69.9 cm³/mol. The Kier molecular flexibility index (Phi) is 4.67. The van der Waals surface area contributed by atoms with Crippen LogP contribution in [0.15, 0.2) is 17.0 Å². The normalized spacial score (nSPS) is 11.2. The number of hydrogen-bond acceptors (Lipinski definition) is 4. The number of hydrogen-bond donors (Lipinski definition) is 2. The molecule has 8 heteroatoms. The number of rotatable bonds is 4. The van der Waals surface area contributed by atoms with Gasteiger partial charge in [-0.15, -0.1) is 0 Å². The molecular weight excluding hydrogens is 294 g/mol. The lowest BCUT2D eigenvalue weighted by atomic mass is 10.2. The standard InChI is InChI=1S/C11H12ClNO5S/c1-6(14)3-11(15)13-9-4-8(12)5-10(7(9)2)19(16,17)18/h4-5H,3H2,1-2H3,(H,13,15)(H,16,17,18). The molecule has 6 nitrogen and oxygen atoms in total. The lowest BCUT2D eigenvalue weighted by Gasteiger charge is -2.11. The van der Waals surface area contributed by atoms with Crippen LogP contribution in [0.4, 0.5) is 5.69 Å². The van der Waals surface area contributed by atoms with Crippen LogP contribution < -0.4 is 5.32 Å². The summed E-state index contributed by atoms with van der Waals surface area (Å²) in [6.07, 6.45) is -0.326. The summed E-state index contributed by atoms with van der Waals surface area (Å²) in [6, 6.07) is 2.41. The predicted octanol–water partition coefficient (Wildman–Crippen LogP) is 1.81.